The predicted octanol–water partition coefficient (Wildman–Crippen LogP) is 3.72. The first-order valence-corrected chi connectivity index (χ1v) is 9.44. The fraction of sp³-hybridized carbons (Fsp3) is 0.300. The number of anilines is 3. The number of aromatic nitrogens is 3. The van der Waals surface area contributed by atoms with Gasteiger partial charge in [-0.15, -0.1) is 5.10 Å². The van der Waals surface area contributed by atoms with Gasteiger partial charge in [0.05, 0.1) is 5.69 Å². The van der Waals surface area contributed by atoms with Gasteiger partial charge in [0, 0.05) is 42.6 Å². The van der Waals surface area contributed by atoms with Gasteiger partial charge in [0.15, 0.2) is 0 Å². The smallest absolute Gasteiger partial charge is 0.246 e. The lowest BCUT2D eigenvalue weighted by molar-refractivity contribution is 0.313. The molecule has 2 heterocycles. The molecule has 3 aromatic rings. The Labute approximate surface area is 164 Å². The molecule has 1 aliphatic rings. The molecule has 27 heavy (non-hydrogen) atoms. The van der Waals surface area contributed by atoms with Crippen molar-refractivity contribution in [3.8, 4) is 5.69 Å². The summed E-state index contributed by atoms with van der Waals surface area (Å²) >= 11 is 6.06. The number of piperazine rings is 1. The number of benzene rings is 2. The highest BCUT2D eigenvalue weighted by Crippen LogP contribution is 2.25. The van der Waals surface area contributed by atoms with Crippen LogP contribution < -0.4 is 10.2 Å². The third-order valence-corrected chi connectivity index (χ3v) is 4.99. The number of hydrogen-bond donors (Lipinski definition) is 1. The van der Waals surface area contributed by atoms with Crippen LogP contribution in [0.4, 0.5) is 17.3 Å². The van der Waals surface area contributed by atoms with Crippen molar-refractivity contribution in [2.24, 2.45) is 0 Å². The standard InChI is InChI=1S/C20H23ClN6/c1-15-10-17(13-19(11-15)26-8-6-25(2)7-9-26)23-20-22-14-27(24-20)18-5-3-4-16(21)12-18/h3-5,10-14H,6-9H2,1-2H3,(H,23,24). The van der Waals surface area contributed by atoms with Crippen molar-refractivity contribution < 1.29 is 0 Å². The molecule has 1 aliphatic heterocycles. The fourth-order valence-electron chi connectivity index (χ4n) is 3.27. The SMILES string of the molecule is Cc1cc(Nc2ncn(-c3cccc(Cl)c3)n2)cc(N2CCN(C)CC2)c1. The zero-order chi connectivity index (χ0) is 18.8. The second-order valence-electron chi connectivity index (χ2n) is 6.97. The second kappa shape index (κ2) is 7.58. The van der Waals surface area contributed by atoms with E-state index in [1.807, 2.05) is 24.3 Å². The van der Waals surface area contributed by atoms with E-state index in [0.29, 0.717) is 11.0 Å². The van der Waals surface area contributed by atoms with Crippen LogP contribution in [-0.4, -0.2) is 52.9 Å². The van der Waals surface area contributed by atoms with Crippen LogP contribution in [0, 0.1) is 6.92 Å². The zero-order valence-corrected chi connectivity index (χ0v) is 16.3. The van der Waals surface area contributed by atoms with Gasteiger partial charge >= 0.3 is 0 Å². The van der Waals surface area contributed by atoms with Gasteiger partial charge in [0.2, 0.25) is 5.95 Å². The molecule has 0 aliphatic carbocycles. The van der Waals surface area contributed by atoms with Crippen LogP contribution in [0.15, 0.2) is 48.8 Å². The van der Waals surface area contributed by atoms with Gasteiger partial charge in [-0.1, -0.05) is 17.7 Å². The maximum Gasteiger partial charge on any atom is 0.246 e. The summed E-state index contributed by atoms with van der Waals surface area (Å²) in [6.07, 6.45) is 1.69. The van der Waals surface area contributed by atoms with Crippen molar-refractivity contribution in [3.63, 3.8) is 0 Å². The number of halogens is 1. The predicted molar refractivity (Wildman–Crippen MR) is 111 cm³/mol. The molecular weight excluding hydrogens is 360 g/mol. The van der Waals surface area contributed by atoms with Crippen LogP contribution in [0.5, 0.6) is 0 Å². The van der Waals surface area contributed by atoms with Gasteiger partial charge in [-0.05, 0) is 55.9 Å². The Morgan fingerprint density at radius 2 is 1.81 bits per heavy atom. The van der Waals surface area contributed by atoms with E-state index in [-0.39, 0.29) is 0 Å². The maximum absolute atomic E-state index is 6.06. The molecule has 0 amide bonds. The molecule has 0 unspecified atom stereocenters. The molecule has 0 radical (unpaired) electrons. The molecule has 7 heteroatoms. The quantitative estimate of drug-likeness (QED) is 0.745. The molecule has 1 saturated heterocycles. The van der Waals surface area contributed by atoms with Crippen molar-refractivity contribution >= 4 is 28.9 Å². The van der Waals surface area contributed by atoms with E-state index in [1.54, 1.807) is 11.0 Å². The molecule has 140 valence electrons. The second-order valence-corrected chi connectivity index (χ2v) is 7.40. The van der Waals surface area contributed by atoms with E-state index in [4.69, 9.17) is 11.6 Å². The summed E-state index contributed by atoms with van der Waals surface area (Å²) in [6.45, 7) is 6.37. The molecule has 4 rings (SSSR count). The normalized spacial score (nSPS) is 15.1. The van der Waals surface area contributed by atoms with E-state index in [0.717, 1.165) is 37.6 Å². The van der Waals surface area contributed by atoms with Gasteiger partial charge in [-0.2, -0.15) is 4.98 Å². The third-order valence-electron chi connectivity index (χ3n) is 4.75. The summed E-state index contributed by atoms with van der Waals surface area (Å²) < 4.78 is 1.71. The molecule has 1 aromatic heterocycles. The van der Waals surface area contributed by atoms with Gasteiger partial charge < -0.3 is 15.1 Å². The van der Waals surface area contributed by atoms with Crippen LogP contribution in [-0.2, 0) is 0 Å². The van der Waals surface area contributed by atoms with Crippen LogP contribution in [0.2, 0.25) is 5.02 Å². The number of aryl methyl sites for hydroxylation is 1. The number of hydrogen-bond acceptors (Lipinski definition) is 5. The largest absolute Gasteiger partial charge is 0.369 e. The van der Waals surface area contributed by atoms with Crippen molar-refractivity contribution in [2.45, 2.75) is 6.92 Å². The molecule has 2 aromatic carbocycles. The molecule has 0 bridgehead atoms. The minimum absolute atomic E-state index is 0.560. The summed E-state index contributed by atoms with van der Waals surface area (Å²) in [7, 11) is 2.17. The zero-order valence-electron chi connectivity index (χ0n) is 15.6. The highest BCUT2D eigenvalue weighted by Gasteiger charge is 2.15. The molecule has 1 N–H and O–H groups in total. The van der Waals surface area contributed by atoms with Crippen LogP contribution in [0.25, 0.3) is 5.69 Å². The number of nitrogens with zero attached hydrogens (tertiary/aromatic N) is 5. The first kappa shape index (κ1) is 17.8. The highest BCUT2D eigenvalue weighted by atomic mass is 35.5. The number of likely N-dealkylation sites (N-methyl/N-ethyl adjacent to an activating group) is 1. The van der Waals surface area contributed by atoms with Crippen molar-refractivity contribution in [1.82, 2.24) is 19.7 Å². The monoisotopic (exact) mass is 382 g/mol. The lowest BCUT2D eigenvalue weighted by Crippen LogP contribution is -2.44. The Balaban J connectivity index is 1.53. The van der Waals surface area contributed by atoms with E-state index in [9.17, 15) is 0 Å². The topological polar surface area (TPSA) is 49.2 Å². The van der Waals surface area contributed by atoms with E-state index >= 15 is 0 Å². The van der Waals surface area contributed by atoms with E-state index in [1.165, 1.54) is 11.3 Å². The number of nitrogens with one attached hydrogen (secondary N) is 1. The van der Waals surface area contributed by atoms with Gasteiger partial charge in [0.25, 0.3) is 0 Å². The summed E-state index contributed by atoms with van der Waals surface area (Å²) in [6, 6.07) is 14.1. The van der Waals surface area contributed by atoms with Gasteiger partial charge in [0.1, 0.15) is 6.33 Å². The summed E-state index contributed by atoms with van der Waals surface area (Å²) in [5.41, 5.74) is 4.32. The number of rotatable bonds is 4. The Morgan fingerprint density at radius 3 is 2.59 bits per heavy atom. The average molecular weight is 383 g/mol. The highest BCUT2D eigenvalue weighted by molar-refractivity contribution is 6.30. The first-order chi connectivity index (χ1) is 13.1. The minimum Gasteiger partial charge on any atom is -0.369 e. The summed E-state index contributed by atoms with van der Waals surface area (Å²) in [5, 5.41) is 8.51. The molecule has 0 saturated carbocycles. The lowest BCUT2D eigenvalue weighted by Gasteiger charge is -2.34. The molecule has 6 nitrogen and oxygen atoms in total. The van der Waals surface area contributed by atoms with Crippen molar-refractivity contribution in [3.05, 3.63) is 59.4 Å². The molecule has 0 atom stereocenters. The molecule has 0 spiro atoms. The Bertz CT molecular complexity index is 930. The van der Waals surface area contributed by atoms with Crippen LogP contribution >= 0.6 is 11.6 Å². The third kappa shape index (κ3) is 4.23. The van der Waals surface area contributed by atoms with Gasteiger partial charge in [-0.25, -0.2) is 4.68 Å². The Kier molecular flexibility index (Phi) is 5.01. The first-order valence-electron chi connectivity index (χ1n) is 9.07. The summed E-state index contributed by atoms with van der Waals surface area (Å²) in [4.78, 5) is 9.16. The van der Waals surface area contributed by atoms with Crippen LogP contribution in [0.1, 0.15) is 5.56 Å². The van der Waals surface area contributed by atoms with Crippen molar-refractivity contribution in [2.75, 3.05) is 43.4 Å². The van der Waals surface area contributed by atoms with Gasteiger partial charge in [-0.3, -0.25) is 0 Å². The average Bonchev–Trinajstić information content (AvgIpc) is 3.10. The fourth-order valence-corrected chi connectivity index (χ4v) is 3.46. The molecule has 1 fully saturated rings. The van der Waals surface area contributed by atoms with E-state index in [2.05, 4.69) is 57.4 Å². The summed E-state index contributed by atoms with van der Waals surface area (Å²) in [5.74, 6) is 0.560. The maximum atomic E-state index is 6.06. The molecular formula is C20H23ClN6. The Morgan fingerprint density at radius 1 is 1.00 bits per heavy atom. The minimum atomic E-state index is 0.560. The lowest BCUT2D eigenvalue weighted by atomic mass is 10.1. The van der Waals surface area contributed by atoms with Crippen molar-refractivity contribution in [1.29, 1.82) is 0 Å². The van der Waals surface area contributed by atoms with E-state index < -0.39 is 0 Å². The van der Waals surface area contributed by atoms with Crippen LogP contribution in [0.3, 0.4) is 0 Å². The Hall–Kier alpha value is -2.57.